The highest BCUT2D eigenvalue weighted by atomic mass is 35.5. The first kappa shape index (κ1) is 23.5. The maximum absolute atomic E-state index is 10.1. The number of hydrogen-bond acceptors (Lipinski definition) is 4. The van der Waals surface area contributed by atoms with Gasteiger partial charge in [-0.2, -0.15) is 0 Å². The molecule has 0 aliphatic carbocycles. The average molecular weight is 379 g/mol. The first-order chi connectivity index (χ1) is 10.6. The molecule has 1 atom stereocenters. The Bertz CT molecular complexity index is 443. The molecule has 140 valence electrons. The molecule has 1 fully saturated rings. The summed E-state index contributed by atoms with van der Waals surface area (Å²) in [5.41, 5.74) is 1.10. The number of aliphatic hydroxyl groups is 1. The summed E-state index contributed by atoms with van der Waals surface area (Å²) < 4.78 is 5.71. The molecule has 0 aromatic heterocycles. The molecular formula is C18H32Cl2N2O2. The Kier molecular flexibility index (Phi) is 12.5. The lowest BCUT2D eigenvalue weighted by molar-refractivity contribution is 0.0718. The van der Waals surface area contributed by atoms with E-state index in [1.807, 2.05) is 31.2 Å². The van der Waals surface area contributed by atoms with Gasteiger partial charge in [0.2, 0.25) is 0 Å². The highest BCUT2D eigenvalue weighted by molar-refractivity contribution is 5.85. The van der Waals surface area contributed by atoms with Crippen molar-refractivity contribution in [1.82, 2.24) is 9.80 Å². The third kappa shape index (κ3) is 8.54. The molecule has 1 aromatic carbocycles. The second-order valence-electron chi connectivity index (χ2n) is 6.39. The zero-order chi connectivity index (χ0) is 15.8. The lowest BCUT2D eigenvalue weighted by Crippen LogP contribution is -2.40. The third-order valence-electron chi connectivity index (χ3n) is 4.29. The molecular weight excluding hydrogens is 347 g/mol. The van der Waals surface area contributed by atoms with Crippen LogP contribution in [-0.2, 0) is 0 Å². The van der Waals surface area contributed by atoms with Crippen LogP contribution in [0, 0.1) is 6.92 Å². The van der Waals surface area contributed by atoms with Gasteiger partial charge in [0.1, 0.15) is 18.5 Å². The van der Waals surface area contributed by atoms with Crippen molar-refractivity contribution < 1.29 is 9.84 Å². The second kappa shape index (κ2) is 12.8. The largest absolute Gasteiger partial charge is 0.491 e. The number of aryl methyl sites for hydroxylation is 1. The monoisotopic (exact) mass is 378 g/mol. The molecule has 0 saturated carbocycles. The van der Waals surface area contributed by atoms with Crippen molar-refractivity contribution in [2.24, 2.45) is 0 Å². The van der Waals surface area contributed by atoms with Crippen LogP contribution in [0.5, 0.6) is 5.75 Å². The van der Waals surface area contributed by atoms with Gasteiger partial charge in [0.15, 0.2) is 0 Å². The number of likely N-dealkylation sites (N-methyl/N-ethyl adjacent to an activating group) is 1. The minimum atomic E-state index is -0.453. The van der Waals surface area contributed by atoms with Crippen LogP contribution in [0.4, 0.5) is 0 Å². The van der Waals surface area contributed by atoms with Gasteiger partial charge in [0.25, 0.3) is 0 Å². The summed E-state index contributed by atoms with van der Waals surface area (Å²) in [7, 11) is 2.07. The molecule has 24 heavy (non-hydrogen) atoms. The standard InChI is InChI=1S/C18H30N2O2.2ClH/c1-16-8-4-5-9-18(16)22-15-17(21)14-19(2)12-13-20-10-6-3-7-11-20;;/h4-5,8-9,17,21H,3,6-7,10-15H2,1-2H3;2*1H. The van der Waals surface area contributed by atoms with Gasteiger partial charge >= 0.3 is 0 Å². The molecule has 1 N–H and O–H groups in total. The highest BCUT2D eigenvalue weighted by Crippen LogP contribution is 2.16. The van der Waals surface area contributed by atoms with Crippen LogP contribution in [0.3, 0.4) is 0 Å². The number of para-hydroxylation sites is 1. The van der Waals surface area contributed by atoms with Gasteiger partial charge in [-0.3, -0.25) is 0 Å². The summed E-state index contributed by atoms with van der Waals surface area (Å²) in [4.78, 5) is 4.72. The molecule has 0 bridgehead atoms. The molecule has 1 aromatic rings. The number of rotatable bonds is 8. The number of nitrogens with zero attached hydrogens (tertiary/aromatic N) is 2. The van der Waals surface area contributed by atoms with Gasteiger partial charge in [0, 0.05) is 19.6 Å². The smallest absolute Gasteiger partial charge is 0.122 e. The van der Waals surface area contributed by atoms with Crippen molar-refractivity contribution in [2.45, 2.75) is 32.3 Å². The van der Waals surface area contributed by atoms with E-state index in [2.05, 4.69) is 16.8 Å². The summed E-state index contributed by atoms with van der Waals surface area (Å²) in [6.07, 6.45) is 3.58. The number of likely N-dealkylation sites (tertiary alicyclic amines) is 1. The Balaban J connectivity index is 0.00000264. The summed E-state index contributed by atoms with van der Waals surface area (Å²) in [6, 6.07) is 7.92. The Morgan fingerprint density at radius 2 is 1.83 bits per heavy atom. The van der Waals surface area contributed by atoms with Gasteiger partial charge in [-0.1, -0.05) is 24.6 Å². The molecule has 4 nitrogen and oxygen atoms in total. The predicted molar refractivity (Wildman–Crippen MR) is 105 cm³/mol. The first-order valence-electron chi connectivity index (χ1n) is 8.42. The number of halogens is 2. The van der Waals surface area contributed by atoms with E-state index in [0.717, 1.165) is 24.4 Å². The average Bonchev–Trinajstić information content (AvgIpc) is 2.53. The van der Waals surface area contributed by atoms with E-state index >= 15 is 0 Å². The van der Waals surface area contributed by atoms with Crippen molar-refractivity contribution in [3.63, 3.8) is 0 Å². The normalized spacial score (nSPS) is 16.2. The van der Waals surface area contributed by atoms with Crippen molar-refractivity contribution >= 4 is 24.8 Å². The maximum atomic E-state index is 10.1. The topological polar surface area (TPSA) is 35.9 Å². The first-order valence-corrected chi connectivity index (χ1v) is 8.42. The Labute approximate surface area is 159 Å². The molecule has 0 spiro atoms. The maximum Gasteiger partial charge on any atom is 0.122 e. The minimum absolute atomic E-state index is 0. The molecule has 1 aliphatic rings. The summed E-state index contributed by atoms with van der Waals surface area (Å²) in [6.45, 7) is 7.58. The molecule has 2 rings (SSSR count). The van der Waals surface area contributed by atoms with Gasteiger partial charge in [-0.05, 0) is 51.5 Å². The van der Waals surface area contributed by atoms with Crippen LogP contribution in [0.25, 0.3) is 0 Å². The van der Waals surface area contributed by atoms with Gasteiger partial charge < -0.3 is 19.6 Å². The van der Waals surface area contributed by atoms with E-state index in [-0.39, 0.29) is 24.8 Å². The van der Waals surface area contributed by atoms with E-state index in [1.165, 1.54) is 32.4 Å². The summed E-state index contributed by atoms with van der Waals surface area (Å²) >= 11 is 0. The van der Waals surface area contributed by atoms with Crippen molar-refractivity contribution in [2.75, 3.05) is 46.4 Å². The van der Waals surface area contributed by atoms with Crippen LogP contribution >= 0.6 is 24.8 Å². The number of aliphatic hydroxyl groups excluding tert-OH is 1. The van der Waals surface area contributed by atoms with Crippen molar-refractivity contribution in [3.8, 4) is 5.75 Å². The molecule has 1 unspecified atom stereocenters. The fourth-order valence-corrected chi connectivity index (χ4v) is 2.90. The van der Waals surface area contributed by atoms with Crippen molar-refractivity contribution in [1.29, 1.82) is 0 Å². The number of piperidine rings is 1. The van der Waals surface area contributed by atoms with E-state index in [9.17, 15) is 5.11 Å². The van der Waals surface area contributed by atoms with Crippen LogP contribution in [-0.4, -0.2) is 67.4 Å². The van der Waals surface area contributed by atoms with Crippen LogP contribution < -0.4 is 4.74 Å². The number of ether oxygens (including phenoxy) is 1. The summed E-state index contributed by atoms with van der Waals surface area (Å²) in [5, 5.41) is 10.1. The molecule has 0 radical (unpaired) electrons. The Morgan fingerprint density at radius 3 is 2.50 bits per heavy atom. The van der Waals surface area contributed by atoms with Crippen LogP contribution in [0.15, 0.2) is 24.3 Å². The quantitative estimate of drug-likeness (QED) is 0.753. The van der Waals surface area contributed by atoms with E-state index < -0.39 is 6.10 Å². The zero-order valence-corrected chi connectivity index (χ0v) is 16.5. The summed E-state index contributed by atoms with van der Waals surface area (Å²) in [5.74, 6) is 0.859. The Hall–Kier alpha value is -0.520. The SMILES string of the molecule is Cc1ccccc1OCC(O)CN(C)CCN1CCCCC1.Cl.Cl. The van der Waals surface area contributed by atoms with Gasteiger partial charge in [-0.25, -0.2) is 0 Å². The number of benzene rings is 1. The van der Waals surface area contributed by atoms with E-state index in [4.69, 9.17) is 4.74 Å². The Morgan fingerprint density at radius 1 is 1.17 bits per heavy atom. The molecule has 0 amide bonds. The van der Waals surface area contributed by atoms with Crippen LogP contribution in [0.2, 0.25) is 0 Å². The highest BCUT2D eigenvalue weighted by Gasteiger charge is 2.13. The fourth-order valence-electron chi connectivity index (χ4n) is 2.90. The van der Waals surface area contributed by atoms with Gasteiger partial charge in [0.05, 0.1) is 0 Å². The molecule has 1 aliphatic heterocycles. The van der Waals surface area contributed by atoms with Gasteiger partial charge in [-0.15, -0.1) is 24.8 Å². The molecule has 1 saturated heterocycles. The van der Waals surface area contributed by atoms with Crippen LogP contribution in [0.1, 0.15) is 24.8 Å². The molecule has 6 heteroatoms. The van der Waals surface area contributed by atoms with Crippen molar-refractivity contribution in [3.05, 3.63) is 29.8 Å². The van der Waals surface area contributed by atoms with E-state index in [0.29, 0.717) is 13.2 Å². The minimum Gasteiger partial charge on any atom is -0.491 e. The second-order valence-corrected chi connectivity index (χ2v) is 6.39. The molecule has 1 heterocycles. The number of hydrogen-bond donors (Lipinski definition) is 1. The lowest BCUT2D eigenvalue weighted by Gasteiger charge is -2.29. The predicted octanol–water partition coefficient (Wildman–Crippen LogP) is 3.00. The third-order valence-corrected chi connectivity index (χ3v) is 4.29. The fraction of sp³-hybridized carbons (Fsp3) is 0.667. The zero-order valence-electron chi connectivity index (χ0n) is 14.8. The van der Waals surface area contributed by atoms with E-state index in [1.54, 1.807) is 0 Å². The lowest BCUT2D eigenvalue weighted by atomic mass is 10.1.